The summed E-state index contributed by atoms with van der Waals surface area (Å²) in [5.74, 6) is 11.3. The van der Waals surface area contributed by atoms with Gasteiger partial charge in [0.15, 0.2) is 0 Å². The lowest BCUT2D eigenvalue weighted by molar-refractivity contribution is 0.258. The fraction of sp³-hybridized carbons (Fsp3) is 0.200. The number of allylic oxidation sites excluding steroid dienone is 3. The zero-order chi connectivity index (χ0) is 7.78. The van der Waals surface area contributed by atoms with E-state index in [2.05, 4.69) is 23.7 Å². The summed E-state index contributed by atoms with van der Waals surface area (Å²) in [5.41, 5.74) is 0. The molecule has 0 atom stereocenters. The Bertz CT molecular complexity index is 275. The molecule has 0 fully saturated rings. The van der Waals surface area contributed by atoms with Crippen LogP contribution in [0.5, 0.6) is 0 Å². The van der Waals surface area contributed by atoms with Gasteiger partial charge in [0, 0.05) is 12.5 Å². The van der Waals surface area contributed by atoms with Crippen LogP contribution >= 0.6 is 0 Å². The minimum atomic E-state index is 0.638. The maximum atomic E-state index is 5.05. The average Bonchev–Trinajstić information content (AvgIpc) is 2.08. The van der Waals surface area contributed by atoms with E-state index in [0.717, 1.165) is 6.42 Å². The second-order valence-electron chi connectivity index (χ2n) is 1.87. The summed E-state index contributed by atoms with van der Waals surface area (Å²) in [6.45, 7) is 0.638. The Morgan fingerprint density at radius 2 is 1.82 bits per heavy atom. The third-order valence-corrected chi connectivity index (χ3v) is 1.03. The van der Waals surface area contributed by atoms with Crippen molar-refractivity contribution in [3.8, 4) is 23.7 Å². The lowest BCUT2D eigenvalue weighted by Gasteiger charge is -1.91. The van der Waals surface area contributed by atoms with Gasteiger partial charge in [-0.2, -0.15) is 0 Å². The van der Waals surface area contributed by atoms with Crippen LogP contribution in [0.2, 0.25) is 0 Å². The first kappa shape index (κ1) is 7.51. The number of rotatable bonds is 0. The molecule has 0 amide bonds. The maximum Gasteiger partial charge on any atom is 0.0982 e. The molecule has 1 aliphatic heterocycles. The van der Waals surface area contributed by atoms with Crippen molar-refractivity contribution in [1.82, 2.24) is 0 Å². The normalized spacial score (nSPS) is 20.4. The molecule has 0 bridgehead atoms. The predicted molar refractivity (Wildman–Crippen MR) is 44.4 cm³/mol. The second-order valence-corrected chi connectivity index (χ2v) is 1.87. The molecule has 1 rings (SSSR count). The molecule has 1 heteroatoms. The van der Waals surface area contributed by atoms with Crippen LogP contribution in [0.4, 0.5) is 0 Å². The largest absolute Gasteiger partial charge is 0.500 e. The average molecular weight is 144 g/mol. The zero-order valence-electron chi connectivity index (χ0n) is 6.13. The highest BCUT2D eigenvalue weighted by molar-refractivity contribution is 5.28. The number of hydrogen-bond donors (Lipinski definition) is 0. The van der Waals surface area contributed by atoms with Crippen LogP contribution in [0.25, 0.3) is 0 Å². The molecule has 0 saturated carbocycles. The zero-order valence-corrected chi connectivity index (χ0v) is 6.13. The van der Waals surface area contributed by atoms with Crippen molar-refractivity contribution in [2.75, 3.05) is 6.61 Å². The summed E-state index contributed by atoms with van der Waals surface area (Å²) in [4.78, 5) is 0. The highest BCUT2D eigenvalue weighted by Crippen LogP contribution is 1.83. The van der Waals surface area contributed by atoms with E-state index in [9.17, 15) is 0 Å². The van der Waals surface area contributed by atoms with E-state index < -0.39 is 0 Å². The van der Waals surface area contributed by atoms with Crippen molar-refractivity contribution < 1.29 is 4.74 Å². The Hall–Kier alpha value is -1.60. The van der Waals surface area contributed by atoms with E-state index in [0.29, 0.717) is 6.61 Å². The fourth-order valence-corrected chi connectivity index (χ4v) is 0.571. The second kappa shape index (κ2) is 5.21. The smallest absolute Gasteiger partial charge is 0.0982 e. The molecule has 0 saturated heterocycles. The van der Waals surface area contributed by atoms with Crippen molar-refractivity contribution in [2.45, 2.75) is 6.42 Å². The minimum Gasteiger partial charge on any atom is -0.500 e. The van der Waals surface area contributed by atoms with Crippen LogP contribution in [0.15, 0.2) is 24.5 Å². The van der Waals surface area contributed by atoms with E-state index >= 15 is 0 Å². The van der Waals surface area contributed by atoms with E-state index in [1.165, 1.54) is 0 Å². The first-order chi connectivity index (χ1) is 5.50. The van der Waals surface area contributed by atoms with E-state index in [1.807, 2.05) is 0 Å². The summed E-state index contributed by atoms with van der Waals surface area (Å²) >= 11 is 0. The van der Waals surface area contributed by atoms with E-state index in [-0.39, 0.29) is 0 Å². The fourth-order valence-electron chi connectivity index (χ4n) is 0.571. The van der Waals surface area contributed by atoms with Crippen LogP contribution < -0.4 is 0 Å². The molecule has 0 aromatic rings. The van der Waals surface area contributed by atoms with Crippen LogP contribution in [0.1, 0.15) is 6.42 Å². The van der Waals surface area contributed by atoms with Gasteiger partial charge < -0.3 is 4.74 Å². The summed E-state index contributed by atoms with van der Waals surface area (Å²) in [5, 5.41) is 0. The quantitative estimate of drug-likeness (QED) is 0.468. The monoisotopic (exact) mass is 144 g/mol. The van der Waals surface area contributed by atoms with Gasteiger partial charge in [-0.3, -0.25) is 0 Å². The summed E-state index contributed by atoms with van der Waals surface area (Å²) < 4.78 is 5.05. The number of hydrogen-bond acceptors (Lipinski definition) is 1. The lowest BCUT2D eigenvalue weighted by atomic mass is 10.4. The molecule has 0 aromatic heterocycles. The number of ether oxygens (including phenoxy) is 1. The van der Waals surface area contributed by atoms with Gasteiger partial charge in [0.05, 0.1) is 12.9 Å². The Balaban J connectivity index is 2.58. The van der Waals surface area contributed by atoms with Crippen LogP contribution in [-0.2, 0) is 4.74 Å². The van der Waals surface area contributed by atoms with E-state index in [4.69, 9.17) is 4.74 Å². The first-order valence-electron chi connectivity index (χ1n) is 3.41. The van der Waals surface area contributed by atoms with Crippen molar-refractivity contribution in [3.63, 3.8) is 0 Å². The molecular weight excluding hydrogens is 136 g/mol. The molecule has 0 aliphatic carbocycles. The summed E-state index contributed by atoms with van der Waals surface area (Å²) in [6, 6.07) is 0. The third kappa shape index (κ3) is 3.89. The molecular formula is C10H8O. The highest BCUT2D eigenvalue weighted by Gasteiger charge is 1.76. The first-order valence-corrected chi connectivity index (χ1v) is 3.41. The molecule has 0 N–H and O–H groups in total. The Morgan fingerprint density at radius 1 is 1.00 bits per heavy atom. The molecule has 1 nitrogen and oxygen atoms in total. The molecule has 0 radical (unpaired) electrons. The minimum absolute atomic E-state index is 0.638. The van der Waals surface area contributed by atoms with Crippen molar-refractivity contribution in [1.29, 1.82) is 0 Å². The van der Waals surface area contributed by atoms with E-state index in [1.54, 1.807) is 24.5 Å². The van der Waals surface area contributed by atoms with Gasteiger partial charge in [0.1, 0.15) is 0 Å². The van der Waals surface area contributed by atoms with Gasteiger partial charge in [-0.05, 0) is 12.2 Å². The van der Waals surface area contributed by atoms with Gasteiger partial charge >= 0.3 is 0 Å². The van der Waals surface area contributed by atoms with Gasteiger partial charge in [0.25, 0.3) is 0 Å². The van der Waals surface area contributed by atoms with Crippen molar-refractivity contribution in [3.05, 3.63) is 24.5 Å². The van der Waals surface area contributed by atoms with Gasteiger partial charge in [0.2, 0.25) is 0 Å². The van der Waals surface area contributed by atoms with Gasteiger partial charge in [-0.1, -0.05) is 23.7 Å². The van der Waals surface area contributed by atoms with Crippen LogP contribution in [0, 0.1) is 23.7 Å². The molecule has 0 aromatic carbocycles. The van der Waals surface area contributed by atoms with Crippen molar-refractivity contribution >= 4 is 0 Å². The molecule has 0 spiro atoms. The highest BCUT2D eigenvalue weighted by atomic mass is 16.5. The maximum absolute atomic E-state index is 5.05. The molecule has 54 valence electrons. The predicted octanol–water partition coefficient (Wildman–Crippen LogP) is 1.48. The third-order valence-electron chi connectivity index (χ3n) is 1.03. The Labute approximate surface area is 66.8 Å². The lowest BCUT2D eigenvalue weighted by Crippen LogP contribution is -1.83. The SMILES string of the molecule is C1#C/C=C\OCCC#C/C=C\1. The van der Waals surface area contributed by atoms with Crippen LogP contribution in [0.3, 0.4) is 0 Å². The van der Waals surface area contributed by atoms with Gasteiger partial charge in [-0.25, -0.2) is 0 Å². The van der Waals surface area contributed by atoms with Gasteiger partial charge in [-0.15, -0.1) is 0 Å². The molecule has 0 unspecified atom stereocenters. The van der Waals surface area contributed by atoms with Crippen LogP contribution in [-0.4, -0.2) is 6.61 Å². The molecule has 11 heavy (non-hydrogen) atoms. The molecule has 1 aliphatic rings. The van der Waals surface area contributed by atoms with Crippen molar-refractivity contribution in [2.24, 2.45) is 0 Å². The Morgan fingerprint density at radius 3 is 2.82 bits per heavy atom. The topological polar surface area (TPSA) is 9.23 Å². The standard InChI is InChI=1S/C10H8O/c1-2-4-6-8-10-11-9-7-5-3-1/h1-2,7,9H,8,10H2/b2-1-,9-7-. The summed E-state index contributed by atoms with van der Waals surface area (Å²) in [7, 11) is 0. The molecule has 1 heterocycles. The summed E-state index contributed by atoms with van der Waals surface area (Å²) in [6.07, 6.45) is 7.49. The Kier molecular flexibility index (Phi) is 3.55.